The maximum atomic E-state index is 11.9. The summed E-state index contributed by atoms with van der Waals surface area (Å²) in [5.74, 6) is 0.478. The predicted octanol–water partition coefficient (Wildman–Crippen LogP) is 1.88. The number of carbonyl (C=O) groups is 1. The van der Waals surface area contributed by atoms with Crippen molar-refractivity contribution >= 4 is 5.78 Å². The first-order chi connectivity index (χ1) is 7.50. The van der Waals surface area contributed by atoms with Gasteiger partial charge in [0.15, 0.2) is 5.78 Å². The fraction of sp³-hybridized carbons (Fsp3) is 0.667. The van der Waals surface area contributed by atoms with E-state index in [1.165, 1.54) is 0 Å². The number of ketones is 1. The number of aryl methyl sites for hydroxylation is 1. The van der Waals surface area contributed by atoms with Crippen LogP contribution in [0.15, 0.2) is 12.3 Å². The third-order valence-corrected chi connectivity index (χ3v) is 2.35. The number of hydrogen-bond acceptors (Lipinski definition) is 3. The molecule has 0 bridgehead atoms. The molecule has 0 aliphatic rings. The van der Waals surface area contributed by atoms with Crippen LogP contribution in [-0.2, 0) is 6.54 Å². The average molecular weight is 224 g/mol. The van der Waals surface area contributed by atoms with Crippen LogP contribution >= 0.6 is 0 Å². The van der Waals surface area contributed by atoms with Crippen LogP contribution in [0.2, 0.25) is 0 Å². The minimum atomic E-state index is -0.364. The average Bonchev–Trinajstić information content (AvgIpc) is 2.61. The molecular formula is C12H20N2O2. The van der Waals surface area contributed by atoms with E-state index in [0.29, 0.717) is 31.0 Å². The van der Waals surface area contributed by atoms with E-state index in [0.717, 1.165) is 0 Å². The number of nitrogens with zero attached hydrogens (tertiary/aromatic N) is 2. The summed E-state index contributed by atoms with van der Waals surface area (Å²) in [7, 11) is 0. The first kappa shape index (κ1) is 12.9. The van der Waals surface area contributed by atoms with Gasteiger partial charge in [0, 0.05) is 19.2 Å². The Morgan fingerprint density at radius 2 is 2.19 bits per heavy atom. The van der Waals surface area contributed by atoms with E-state index < -0.39 is 0 Å². The van der Waals surface area contributed by atoms with Crippen LogP contribution < -0.4 is 0 Å². The van der Waals surface area contributed by atoms with Gasteiger partial charge >= 0.3 is 0 Å². The van der Waals surface area contributed by atoms with Crippen molar-refractivity contribution in [2.45, 2.75) is 46.3 Å². The van der Waals surface area contributed by atoms with E-state index >= 15 is 0 Å². The Balaban J connectivity index is 2.66. The molecule has 1 rings (SSSR count). The molecular weight excluding hydrogens is 204 g/mol. The van der Waals surface area contributed by atoms with Gasteiger partial charge in [-0.1, -0.05) is 13.8 Å². The van der Waals surface area contributed by atoms with Crippen molar-refractivity contribution in [3.63, 3.8) is 0 Å². The van der Waals surface area contributed by atoms with E-state index in [-0.39, 0.29) is 11.9 Å². The zero-order chi connectivity index (χ0) is 12.1. The van der Waals surface area contributed by atoms with Crippen molar-refractivity contribution in [2.24, 2.45) is 5.92 Å². The number of hydrogen-bond donors (Lipinski definition) is 1. The quantitative estimate of drug-likeness (QED) is 0.751. The predicted molar refractivity (Wildman–Crippen MR) is 62.3 cm³/mol. The Morgan fingerprint density at radius 1 is 1.50 bits per heavy atom. The van der Waals surface area contributed by atoms with E-state index in [1.807, 2.05) is 13.8 Å². The first-order valence-electron chi connectivity index (χ1n) is 5.73. The third kappa shape index (κ3) is 3.77. The lowest BCUT2D eigenvalue weighted by atomic mass is 10.1. The molecule has 0 aliphatic carbocycles. The molecule has 16 heavy (non-hydrogen) atoms. The summed E-state index contributed by atoms with van der Waals surface area (Å²) in [6.07, 6.45) is 2.43. The molecule has 0 spiro atoms. The smallest absolute Gasteiger partial charge is 0.181 e. The zero-order valence-electron chi connectivity index (χ0n) is 10.2. The largest absolute Gasteiger partial charge is 0.393 e. The van der Waals surface area contributed by atoms with Crippen LogP contribution in [0.5, 0.6) is 0 Å². The molecule has 1 aromatic heterocycles. The molecule has 0 aromatic carbocycles. The second-order valence-electron chi connectivity index (χ2n) is 4.60. The molecule has 0 amide bonds. The van der Waals surface area contributed by atoms with Gasteiger partial charge in [-0.3, -0.25) is 9.48 Å². The number of rotatable bonds is 6. The van der Waals surface area contributed by atoms with E-state index in [4.69, 9.17) is 0 Å². The van der Waals surface area contributed by atoms with Crippen LogP contribution in [0.25, 0.3) is 0 Å². The maximum absolute atomic E-state index is 11.9. The van der Waals surface area contributed by atoms with Gasteiger partial charge in [0.2, 0.25) is 0 Å². The van der Waals surface area contributed by atoms with Gasteiger partial charge < -0.3 is 5.11 Å². The van der Waals surface area contributed by atoms with Crippen LogP contribution in [0, 0.1) is 5.92 Å². The Bertz CT molecular complexity index is 343. The molecule has 1 atom stereocenters. The highest BCUT2D eigenvalue weighted by Gasteiger charge is 2.13. The normalized spacial score (nSPS) is 13.1. The molecule has 0 aliphatic heterocycles. The minimum absolute atomic E-state index is 0.123. The maximum Gasteiger partial charge on any atom is 0.181 e. The number of carbonyl (C=O) groups excluding carboxylic acids is 1. The van der Waals surface area contributed by atoms with Gasteiger partial charge in [-0.15, -0.1) is 0 Å². The van der Waals surface area contributed by atoms with Gasteiger partial charge in [-0.05, 0) is 25.3 Å². The molecule has 1 N–H and O–H groups in total. The zero-order valence-corrected chi connectivity index (χ0v) is 10.2. The molecule has 4 nitrogen and oxygen atoms in total. The summed E-state index contributed by atoms with van der Waals surface area (Å²) in [6, 6.07) is 1.74. The standard InChI is InChI=1S/C12H20N2O2/c1-9(2)8-12(16)11-4-6-13-14(11)7-5-10(3)15/h4,6,9-10,15H,5,7-8H2,1-3H3. The number of aliphatic hydroxyl groups excluding tert-OH is 1. The van der Waals surface area contributed by atoms with E-state index in [1.54, 1.807) is 23.9 Å². The first-order valence-corrected chi connectivity index (χ1v) is 5.73. The van der Waals surface area contributed by atoms with Crippen molar-refractivity contribution in [1.29, 1.82) is 0 Å². The monoisotopic (exact) mass is 224 g/mol. The lowest BCUT2D eigenvalue weighted by Gasteiger charge is -2.09. The van der Waals surface area contributed by atoms with Crippen LogP contribution in [-0.4, -0.2) is 26.8 Å². The second-order valence-corrected chi connectivity index (χ2v) is 4.60. The van der Waals surface area contributed by atoms with Crippen molar-refractivity contribution in [2.75, 3.05) is 0 Å². The molecule has 0 fully saturated rings. The summed E-state index contributed by atoms with van der Waals surface area (Å²) in [5.41, 5.74) is 0.648. The molecule has 90 valence electrons. The van der Waals surface area contributed by atoms with E-state index in [9.17, 15) is 9.90 Å². The summed E-state index contributed by atoms with van der Waals surface area (Å²) in [6.45, 7) is 6.37. The number of Topliss-reactive ketones (excluding diaryl/α,β-unsaturated/α-hetero) is 1. The van der Waals surface area contributed by atoms with Crippen LogP contribution in [0.1, 0.15) is 44.1 Å². The lowest BCUT2D eigenvalue weighted by Crippen LogP contribution is -2.15. The van der Waals surface area contributed by atoms with Gasteiger partial charge in [0.1, 0.15) is 5.69 Å². The number of aliphatic hydroxyl groups is 1. The SMILES string of the molecule is CC(C)CC(=O)c1ccnn1CCC(C)O. The molecule has 0 saturated heterocycles. The molecule has 0 saturated carbocycles. The van der Waals surface area contributed by atoms with Gasteiger partial charge in [-0.25, -0.2) is 0 Å². The third-order valence-electron chi connectivity index (χ3n) is 2.35. The molecule has 1 heterocycles. The van der Waals surface area contributed by atoms with Crippen molar-refractivity contribution in [3.05, 3.63) is 18.0 Å². The van der Waals surface area contributed by atoms with Crippen molar-refractivity contribution in [3.8, 4) is 0 Å². The summed E-state index contributed by atoms with van der Waals surface area (Å²) in [5, 5.41) is 13.3. The fourth-order valence-electron chi connectivity index (χ4n) is 1.53. The van der Waals surface area contributed by atoms with Crippen LogP contribution in [0.3, 0.4) is 0 Å². The highest BCUT2D eigenvalue weighted by molar-refractivity contribution is 5.94. The summed E-state index contributed by atoms with van der Waals surface area (Å²) >= 11 is 0. The molecule has 0 radical (unpaired) electrons. The molecule has 1 unspecified atom stereocenters. The Kier molecular flexibility index (Phi) is 4.68. The highest BCUT2D eigenvalue weighted by atomic mass is 16.3. The molecule has 1 aromatic rings. The Hall–Kier alpha value is -1.16. The van der Waals surface area contributed by atoms with Crippen molar-refractivity contribution in [1.82, 2.24) is 9.78 Å². The van der Waals surface area contributed by atoms with Crippen molar-refractivity contribution < 1.29 is 9.90 Å². The fourth-order valence-corrected chi connectivity index (χ4v) is 1.53. The topological polar surface area (TPSA) is 55.1 Å². The van der Waals surface area contributed by atoms with Gasteiger partial charge in [0.05, 0.1) is 6.10 Å². The number of aromatic nitrogens is 2. The highest BCUT2D eigenvalue weighted by Crippen LogP contribution is 2.10. The Morgan fingerprint density at radius 3 is 2.75 bits per heavy atom. The lowest BCUT2D eigenvalue weighted by molar-refractivity contribution is 0.0954. The second kappa shape index (κ2) is 5.80. The van der Waals surface area contributed by atoms with Crippen LogP contribution in [0.4, 0.5) is 0 Å². The van der Waals surface area contributed by atoms with E-state index in [2.05, 4.69) is 5.10 Å². The van der Waals surface area contributed by atoms with Gasteiger partial charge in [-0.2, -0.15) is 5.10 Å². The summed E-state index contributed by atoms with van der Waals surface area (Å²) < 4.78 is 1.68. The summed E-state index contributed by atoms with van der Waals surface area (Å²) in [4.78, 5) is 11.9. The minimum Gasteiger partial charge on any atom is -0.393 e. The van der Waals surface area contributed by atoms with Gasteiger partial charge in [0.25, 0.3) is 0 Å². The Labute approximate surface area is 96.3 Å². The molecule has 4 heteroatoms.